The van der Waals surface area contributed by atoms with Gasteiger partial charge in [-0.25, -0.2) is 9.59 Å². The lowest BCUT2D eigenvalue weighted by Crippen LogP contribution is -2.19. The molecule has 5 nitrogen and oxygen atoms in total. The first-order chi connectivity index (χ1) is 15.1. The molecule has 1 aliphatic heterocycles. The highest BCUT2D eigenvalue weighted by atomic mass is 16.5. The minimum atomic E-state index is -0.829. The fraction of sp³-hybridized carbons (Fsp3) is 0.385. The van der Waals surface area contributed by atoms with Crippen molar-refractivity contribution in [2.45, 2.75) is 56.9 Å². The zero-order chi connectivity index (χ0) is 21.5. The molecule has 1 aliphatic carbocycles. The number of carbonyl (C=O) groups excluding carboxylic acids is 1. The number of fused-ring (bicyclic) bond motifs is 5. The summed E-state index contributed by atoms with van der Waals surface area (Å²) in [4.78, 5) is 24.7. The smallest absolute Gasteiger partial charge is 0.337 e. The summed E-state index contributed by atoms with van der Waals surface area (Å²) in [6.07, 6.45) is 7.12. The van der Waals surface area contributed by atoms with Gasteiger partial charge in [0.05, 0.1) is 23.9 Å². The number of carboxylic acids is 1. The summed E-state index contributed by atoms with van der Waals surface area (Å²) in [6.45, 7) is 0. The monoisotopic (exact) mass is 417 g/mol. The van der Waals surface area contributed by atoms with Gasteiger partial charge < -0.3 is 14.4 Å². The molecular weight excluding hydrogens is 390 g/mol. The number of hydrogen-bond donors (Lipinski definition) is 1. The number of aryl methyl sites for hydroxylation is 1. The van der Waals surface area contributed by atoms with Crippen LogP contribution in [0, 0.1) is 0 Å². The SMILES string of the molecule is COC(=O)c1ccc2c(C3CCCCC3)c3n(c2c1)C(C(=O)O)CCc1ccccc1-3. The number of methoxy groups -OCH3 is 1. The standard InChI is InChI=1S/C26H27NO4/c1-31-26(30)18-11-13-20-22(15-18)27-21(25(28)29)14-12-16-7-5-6-10-19(16)24(27)23(20)17-8-3-2-4-9-17/h5-7,10-11,13,15,17,21H,2-4,8-9,12,14H2,1H3,(H,28,29). The maximum atomic E-state index is 12.4. The molecule has 0 bridgehead atoms. The summed E-state index contributed by atoms with van der Waals surface area (Å²) < 4.78 is 6.94. The molecule has 0 radical (unpaired) electrons. The average molecular weight is 418 g/mol. The van der Waals surface area contributed by atoms with Crippen LogP contribution < -0.4 is 0 Å². The summed E-state index contributed by atoms with van der Waals surface area (Å²) >= 11 is 0. The Kier molecular flexibility index (Phi) is 5.05. The minimum Gasteiger partial charge on any atom is -0.480 e. The van der Waals surface area contributed by atoms with Gasteiger partial charge in [-0.3, -0.25) is 0 Å². The van der Waals surface area contributed by atoms with E-state index >= 15 is 0 Å². The van der Waals surface area contributed by atoms with Crippen LogP contribution in [0.4, 0.5) is 0 Å². The first kappa shape index (κ1) is 19.9. The van der Waals surface area contributed by atoms with Crippen LogP contribution in [0.5, 0.6) is 0 Å². The molecule has 0 spiro atoms. The summed E-state index contributed by atoms with van der Waals surface area (Å²) in [5, 5.41) is 11.2. The molecule has 0 amide bonds. The number of carbonyl (C=O) groups is 2. The van der Waals surface area contributed by atoms with Gasteiger partial charge in [-0.2, -0.15) is 0 Å². The molecule has 5 heteroatoms. The maximum absolute atomic E-state index is 12.4. The number of hydrogen-bond acceptors (Lipinski definition) is 3. The van der Waals surface area contributed by atoms with E-state index in [9.17, 15) is 14.7 Å². The van der Waals surface area contributed by atoms with E-state index in [1.165, 1.54) is 37.5 Å². The van der Waals surface area contributed by atoms with Gasteiger partial charge in [-0.1, -0.05) is 49.6 Å². The highest BCUT2D eigenvalue weighted by molar-refractivity contribution is 6.00. The second-order valence-corrected chi connectivity index (χ2v) is 8.74. The molecule has 1 atom stereocenters. The molecule has 0 saturated heterocycles. The molecule has 31 heavy (non-hydrogen) atoms. The van der Waals surface area contributed by atoms with E-state index in [4.69, 9.17) is 4.74 Å². The lowest BCUT2D eigenvalue weighted by atomic mass is 9.81. The van der Waals surface area contributed by atoms with Crippen molar-refractivity contribution in [1.82, 2.24) is 4.57 Å². The third-order valence-electron chi connectivity index (χ3n) is 7.03. The van der Waals surface area contributed by atoms with E-state index in [0.29, 0.717) is 17.9 Å². The molecule has 2 aliphatic rings. The fourth-order valence-corrected chi connectivity index (χ4v) is 5.61. The van der Waals surface area contributed by atoms with Gasteiger partial charge in [0, 0.05) is 10.9 Å². The highest BCUT2D eigenvalue weighted by Gasteiger charge is 2.34. The molecule has 1 saturated carbocycles. The Balaban J connectivity index is 1.88. The van der Waals surface area contributed by atoms with Crippen LogP contribution in [-0.4, -0.2) is 28.7 Å². The van der Waals surface area contributed by atoms with E-state index in [1.54, 1.807) is 0 Å². The van der Waals surface area contributed by atoms with Crippen molar-refractivity contribution in [3.63, 3.8) is 0 Å². The molecule has 2 aromatic carbocycles. The number of rotatable bonds is 3. The van der Waals surface area contributed by atoms with Crippen LogP contribution in [0.25, 0.3) is 22.2 Å². The molecule has 1 fully saturated rings. The number of benzene rings is 2. The largest absolute Gasteiger partial charge is 0.480 e. The van der Waals surface area contributed by atoms with Gasteiger partial charge in [0.1, 0.15) is 6.04 Å². The number of carboxylic acid groups (broad SMARTS) is 1. The van der Waals surface area contributed by atoms with E-state index in [2.05, 4.69) is 12.1 Å². The fourth-order valence-electron chi connectivity index (χ4n) is 5.61. The van der Waals surface area contributed by atoms with Crippen molar-refractivity contribution in [2.75, 3.05) is 7.11 Å². The van der Waals surface area contributed by atoms with Crippen molar-refractivity contribution in [3.8, 4) is 11.3 Å². The molecule has 1 N–H and O–H groups in total. The van der Waals surface area contributed by atoms with Crippen LogP contribution in [0.1, 0.15) is 72.0 Å². The molecule has 1 aromatic heterocycles. The number of aromatic nitrogens is 1. The predicted molar refractivity (Wildman–Crippen MR) is 120 cm³/mol. The molecule has 5 rings (SSSR count). The Hall–Kier alpha value is -3.08. The predicted octanol–water partition coefficient (Wildman–Crippen LogP) is 5.71. The lowest BCUT2D eigenvalue weighted by molar-refractivity contribution is -0.140. The highest BCUT2D eigenvalue weighted by Crippen LogP contribution is 2.48. The normalized spacial score (nSPS) is 18.8. The summed E-state index contributed by atoms with van der Waals surface area (Å²) in [5.41, 5.74) is 5.88. The van der Waals surface area contributed by atoms with Crippen molar-refractivity contribution < 1.29 is 19.4 Å². The van der Waals surface area contributed by atoms with Crippen LogP contribution in [0.2, 0.25) is 0 Å². The lowest BCUT2D eigenvalue weighted by Gasteiger charge is -2.24. The Morgan fingerprint density at radius 3 is 2.55 bits per heavy atom. The van der Waals surface area contributed by atoms with Gasteiger partial charge in [-0.05, 0) is 54.9 Å². The van der Waals surface area contributed by atoms with Crippen molar-refractivity contribution >= 4 is 22.8 Å². The van der Waals surface area contributed by atoms with Crippen molar-refractivity contribution in [1.29, 1.82) is 0 Å². The van der Waals surface area contributed by atoms with E-state index < -0.39 is 18.0 Å². The topological polar surface area (TPSA) is 68.5 Å². The van der Waals surface area contributed by atoms with E-state index in [-0.39, 0.29) is 0 Å². The second kappa shape index (κ2) is 7.88. The molecule has 160 valence electrons. The maximum Gasteiger partial charge on any atom is 0.337 e. The Morgan fingerprint density at radius 2 is 1.81 bits per heavy atom. The van der Waals surface area contributed by atoms with Crippen LogP contribution in [0.15, 0.2) is 42.5 Å². The minimum absolute atomic E-state index is 0.400. The zero-order valence-electron chi connectivity index (χ0n) is 17.8. The second-order valence-electron chi connectivity index (χ2n) is 8.74. The molecular formula is C26H27NO4. The van der Waals surface area contributed by atoms with Gasteiger partial charge in [0.2, 0.25) is 0 Å². The number of esters is 1. The van der Waals surface area contributed by atoms with Crippen LogP contribution >= 0.6 is 0 Å². The average Bonchev–Trinajstić information content (AvgIpc) is 3.03. The molecule has 1 unspecified atom stereocenters. The Labute approximate surface area is 181 Å². The number of aliphatic carboxylic acids is 1. The summed E-state index contributed by atoms with van der Waals surface area (Å²) in [7, 11) is 1.37. The van der Waals surface area contributed by atoms with Gasteiger partial charge >= 0.3 is 11.9 Å². The van der Waals surface area contributed by atoms with Crippen molar-refractivity contribution in [2.24, 2.45) is 0 Å². The quantitative estimate of drug-likeness (QED) is 0.554. The zero-order valence-corrected chi connectivity index (χ0v) is 17.8. The van der Waals surface area contributed by atoms with Gasteiger partial charge in [0.25, 0.3) is 0 Å². The van der Waals surface area contributed by atoms with E-state index in [1.807, 2.05) is 34.9 Å². The summed E-state index contributed by atoms with van der Waals surface area (Å²) in [5.74, 6) is -0.834. The molecule has 2 heterocycles. The Morgan fingerprint density at radius 1 is 1.03 bits per heavy atom. The van der Waals surface area contributed by atoms with Crippen LogP contribution in [0.3, 0.4) is 0 Å². The summed E-state index contributed by atoms with van der Waals surface area (Å²) in [6, 6.07) is 13.3. The van der Waals surface area contributed by atoms with Crippen molar-refractivity contribution in [3.05, 3.63) is 59.2 Å². The third kappa shape index (κ3) is 3.23. The van der Waals surface area contributed by atoms with Gasteiger partial charge in [-0.15, -0.1) is 0 Å². The first-order valence-electron chi connectivity index (χ1n) is 11.2. The first-order valence-corrected chi connectivity index (χ1v) is 11.2. The molecule has 3 aromatic rings. The van der Waals surface area contributed by atoms with E-state index in [0.717, 1.165) is 41.4 Å². The van der Waals surface area contributed by atoms with Gasteiger partial charge in [0.15, 0.2) is 0 Å². The van der Waals surface area contributed by atoms with Crippen LogP contribution in [-0.2, 0) is 16.0 Å². The number of ether oxygens (including phenoxy) is 1. The third-order valence-corrected chi connectivity index (χ3v) is 7.03. The number of nitrogens with zero attached hydrogens (tertiary/aromatic N) is 1. The Bertz CT molecular complexity index is 1170.